The molecule has 5 nitrogen and oxygen atoms in total. The standard InChI is InChI=1S/C20H24ClN3O2/c1-4-18(14-5-9-16(21)10-6-14)24-19(25)15-7-11-17(12-8-15)23-20(26)22-13(2)3/h5-13,18H,4H2,1-3H3,(H,24,25)(H2,22,23,26). The molecule has 0 aliphatic heterocycles. The predicted molar refractivity (Wildman–Crippen MR) is 106 cm³/mol. The first kappa shape index (κ1) is 19.8. The van der Waals surface area contributed by atoms with Crippen LogP contribution < -0.4 is 16.0 Å². The van der Waals surface area contributed by atoms with E-state index in [1.807, 2.05) is 45.0 Å². The maximum Gasteiger partial charge on any atom is 0.319 e. The molecule has 138 valence electrons. The van der Waals surface area contributed by atoms with Gasteiger partial charge < -0.3 is 16.0 Å². The molecule has 0 aromatic heterocycles. The van der Waals surface area contributed by atoms with Crippen LogP contribution in [0.5, 0.6) is 0 Å². The Labute approximate surface area is 159 Å². The fraction of sp³-hybridized carbons (Fsp3) is 0.300. The molecule has 0 heterocycles. The van der Waals surface area contributed by atoms with E-state index in [9.17, 15) is 9.59 Å². The smallest absolute Gasteiger partial charge is 0.319 e. The topological polar surface area (TPSA) is 70.2 Å². The van der Waals surface area contributed by atoms with E-state index >= 15 is 0 Å². The summed E-state index contributed by atoms with van der Waals surface area (Å²) in [6.45, 7) is 5.79. The molecular formula is C20H24ClN3O2. The lowest BCUT2D eigenvalue weighted by Crippen LogP contribution is -2.34. The summed E-state index contributed by atoms with van der Waals surface area (Å²) in [5.41, 5.74) is 2.17. The Morgan fingerprint density at radius 3 is 2.12 bits per heavy atom. The van der Waals surface area contributed by atoms with Crippen LogP contribution in [0.15, 0.2) is 48.5 Å². The van der Waals surface area contributed by atoms with Crippen LogP contribution in [0.3, 0.4) is 0 Å². The second-order valence-corrected chi connectivity index (χ2v) is 6.75. The highest BCUT2D eigenvalue weighted by Gasteiger charge is 2.14. The molecule has 0 saturated carbocycles. The number of anilines is 1. The Balaban J connectivity index is 2.00. The van der Waals surface area contributed by atoms with Crippen molar-refractivity contribution in [3.8, 4) is 0 Å². The van der Waals surface area contributed by atoms with Gasteiger partial charge in [0.05, 0.1) is 6.04 Å². The van der Waals surface area contributed by atoms with Crippen molar-refractivity contribution in [1.29, 1.82) is 0 Å². The molecule has 26 heavy (non-hydrogen) atoms. The molecule has 0 aliphatic rings. The Hall–Kier alpha value is -2.53. The van der Waals surface area contributed by atoms with Crippen molar-refractivity contribution in [2.24, 2.45) is 0 Å². The fourth-order valence-electron chi connectivity index (χ4n) is 2.49. The minimum absolute atomic E-state index is 0.0545. The Bertz CT molecular complexity index is 743. The van der Waals surface area contributed by atoms with Crippen molar-refractivity contribution in [2.75, 3.05) is 5.32 Å². The minimum Gasteiger partial charge on any atom is -0.345 e. The van der Waals surface area contributed by atoms with E-state index in [2.05, 4.69) is 16.0 Å². The van der Waals surface area contributed by atoms with Gasteiger partial charge in [-0.1, -0.05) is 30.7 Å². The van der Waals surface area contributed by atoms with Crippen molar-refractivity contribution >= 4 is 29.2 Å². The molecular weight excluding hydrogens is 350 g/mol. The molecule has 0 spiro atoms. The average Bonchev–Trinajstić information content (AvgIpc) is 2.60. The molecule has 1 unspecified atom stereocenters. The third-order valence-electron chi connectivity index (χ3n) is 3.81. The minimum atomic E-state index is -0.272. The number of carbonyl (C=O) groups excluding carboxylic acids is 2. The summed E-state index contributed by atoms with van der Waals surface area (Å²) in [6.07, 6.45) is 0.766. The molecule has 0 radical (unpaired) electrons. The first-order valence-corrected chi connectivity index (χ1v) is 9.00. The molecule has 0 bridgehead atoms. The second kappa shape index (κ2) is 9.25. The lowest BCUT2D eigenvalue weighted by atomic mass is 10.0. The van der Waals surface area contributed by atoms with Crippen LogP contribution in [-0.2, 0) is 0 Å². The van der Waals surface area contributed by atoms with Crippen molar-refractivity contribution in [3.05, 3.63) is 64.7 Å². The van der Waals surface area contributed by atoms with Crippen LogP contribution >= 0.6 is 11.6 Å². The third kappa shape index (κ3) is 5.77. The van der Waals surface area contributed by atoms with Crippen LogP contribution in [0, 0.1) is 0 Å². The molecule has 1 atom stereocenters. The fourth-order valence-corrected chi connectivity index (χ4v) is 2.62. The predicted octanol–water partition coefficient (Wildman–Crippen LogP) is 4.75. The lowest BCUT2D eigenvalue weighted by molar-refractivity contribution is 0.0935. The number of hydrogen-bond acceptors (Lipinski definition) is 2. The summed E-state index contributed by atoms with van der Waals surface area (Å²) in [4.78, 5) is 24.2. The van der Waals surface area contributed by atoms with E-state index in [-0.39, 0.29) is 24.0 Å². The number of benzene rings is 2. The summed E-state index contributed by atoms with van der Waals surface area (Å²) >= 11 is 5.92. The maximum absolute atomic E-state index is 12.5. The molecule has 2 aromatic carbocycles. The zero-order chi connectivity index (χ0) is 19.1. The van der Waals surface area contributed by atoms with Gasteiger partial charge in [-0.15, -0.1) is 0 Å². The highest BCUT2D eigenvalue weighted by molar-refractivity contribution is 6.30. The third-order valence-corrected chi connectivity index (χ3v) is 4.06. The Morgan fingerprint density at radius 1 is 0.962 bits per heavy atom. The first-order valence-electron chi connectivity index (χ1n) is 8.63. The van der Waals surface area contributed by atoms with E-state index in [4.69, 9.17) is 11.6 Å². The molecule has 0 saturated heterocycles. The highest BCUT2D eigenvalue weighted by atomic mass is 35.5. The van der Waals surface area contributed by atoms with Crippen molar-refractivity contribution in [3.63, 3.8) is 0 Å². The van der Waals surface area contributed by atoms with Crippen LogP contribution in [0.2, 0.25) is 5.02 Å². The summed E-state index contributed by atoms with van der Waals surface area (Å²) in [5.74, 6) is -0.162. The monoisotopic (exact) mass is 373 g/mol. The molecule has 3 amide bonds. The average molecular weight is 374 g/mol. The first-order chi connectivity index (χ1) is 12.4. The van der Waals surface area contributed by atoms with Crippen molar-refractivity contribution in [2.45, 2.75) is 39.3 Å². The van der Waals surface area contributed by atoms with Gasteiger partial charge in [-0.05, 0) is 62.2 Å². The van der Waals surface area contributed by atoms with Crippen LogP contribution in [0.1, 0.15) is 49.2 Å². The summed E-state index contributed by atoms with van der Waals surface area (Å²) in [5, 5.41) is 9.16. The van der Waals surface area contributed by atoms with Crippen LogP contribution in [0.25, 0.3) is 0 Å². The van der Waals surface area contributed by atoms with Gasteiger partial charge in [0.25, 0.3) is 5.91 Å². The second-order valence-electron chi connectivity index (χ2n) is 6.32. The van der Waals surface area contributed by atoms with E-state index in [0.717, 1.165) is 12.0 Å². The maximum atomic E-state index is 12.5. The van der Waals surface area contributed by atoms with E-state index in [1.165, 1.54) is 0 Å². The Morgan fingerprint density at radius 2 is 1.58 bits per heavy atom. The number of rotatable bonds is 6. The summed E-state index contributed by atoms with van der Waals surface area (Å²) in [7, 11) is 0. The van der Waals surface area contributed by atoms with Crippen molar-refractivity contribution in [1.82, 2.24) is 10.6 Å². The number of urea groups is 1. The zero-order valence-electron chi connectivity index (χ0n) is 15.2. The van der Waals surface area contributed by atoms with Crippen molar-refractivity contribution < 1.29 is 9.59 Å². The van der Waals surface area contributed by atoms with E-state index in [1.54, 1.807) is 24.3 Å². The van der Waals surface area contributed by atoms with Gasteiger partial charge >= 0.3 is 6.03 Å². The van der Waals surface area contributed by atoms with Gasteiger partial charge in [-0.2, -0.15) is 0 Å². The molecule has 2 aromatic rings. The van der Waals surface area contributed by atoms with E-state index < -0.39 is 0 Å². The van der Waals surface area contributed by atoms with Gasteiger partial charge in [0, 0.05) is 22.3 Å². The van der Waals surface area contributed by atoms with Crippen LogP contribution in [0.4, 0.5) is 10.5 Å². The number of carbonyl (C=O) groups is 2. The number of amides is 3. The largest absolute Gasteiger partial charge is 0.345 e. The molecule has 0 aliphatic carbocycles. The lowest BCUT2D eigenvalue weighted by Gasteiger charge is -2.18. The van der Waals surface area contributed by atoms with Gasteiger partial charge in [-0.3, -0.25) is 4.79 Å². The van der Waals surface area contributed by atoms with Crippen LogP contribution in [-0.4, -0.2) is 18.0 Å². The highest BCUT2D eigenvalue weighted by Crippen LogP contribution is 2.20. The normalized spacial score (nSPS) is 11.7. The SMILES string of the molecule is CCC(NC(=O)c1ccc(NC(=O)NC(C)C)cc1)c1ccc(Cl)cc1. The molecule has 6 heteroatoms. The number of hydrogen-bond donors (Lipinski definition) is 3. The molecule has 3 N–H and O–H groups in total. The van der Waals surface area contributed by atoms with Gasteiger partial charge in [0.15, 0.2) is 0 Å². The zero-order valence-corrected chi connectivity index (χ0v) is 15.9. The molecule has 0 fully saturated rings. The number of halogens is 1. The number of nitrogens with one attached hydrogen (secondary N) is 3. The molecule has 2 rings (SSSR count). The van der Waals surface area contributed by atoms with Gasteiger partial charge in [0.1, 0.15) is 0 Å². The van der Waals surface area contributed by atoms with Gasteiger partial charge in [0.2, 0.25) is 0 Å². The van der Waals surface area contributed by atoms with Gasteiger partial charge in [-0.25, -0.2) is 4.79 Å². The van der Waals surface area contributed by atoms with E-state index in [0.29, 0.717) is 16.3 Å². The summed E-state index contributed by atoms with van der Waals surface area (Å²) in [6, 6.07) is 13.9. The quantitative estimate of drug-likeness (QED) is 0.683. The summed E-state index contributed by atoms with van der Waals surface area (Å²) < 4.78 is 0. The Kier molecular flexibility index (Phi) is 7.04.